The van der Waals surface area contributed by atoms with Crippen molar-refractivity contribution in [3.63, 3.8) is 0 Å². The first-order chi connectivity index (χ1) is 15.0. The number of carbonyl (C=O) groups excluding carboxylic acids is 1. The minimum atomic E-state index is -0.0466. The number of imidazole rings is 1. The van der Waals surface area contributed by atoms with Gasteiger partial charge in [0.25, 0.3) is 5.91 Å². The van der Waals surface area contributed by atoms with Gasteiger partial charge in [0.05, 0.1) is 17.6 Å². The molecular weight excluding hydrogens is 386 g/mol. The molecule has 1 aliphatic rings. The summed E-state index contributed by atoms with van der Waals surface area (Å²) in [6, 6.07) is 16.4. The van der Waals surface area contributed by atoms with Crippen molar-refractivity contribution in [3.05, 3.63) is 59.7 Å². The van der Waals surface area contributed by atoms with Gasteiger partial charge in [-0.25, -0.2) is 4.98 Å². The van der Waals surface area contributed by atoms with Gasteiger partial charge >= 0.3 is 0 Å². The standard InChI is InChI=1S/C25H33N5O/c1-19-11-14-29(15-12-19)25-27-22-17-21(24(31)26-13-16-28(2)3)9-10-23(22)30(25)18-20-7-5-4-6-8-20/h4-10,17,19H,11-16,18H2,1-3H3,(H,26,31). The second-order valence-electron chi connectivity index (χ2n) is 8.92. The molecule has 0 spiro atoms. The van der Waals surface area contributed by atoms with Gasteiger partial charge in [0.1, 0.15) is 0 Å². The van der Waals surface area contributed by atoms with Gasteiger partial charge in [-0.05, 0) is 56.6 Å². The van der Waals surface area contributed by atoms with Gasteiger partial charge < -0.3 is 19.7 Å². The van der Waals surface area contributed by atoms with Gasteiger partial charge in [0.2, 0.25) is 5.95 Å². The van der Waals surface area contributed by atoms with Crippen LogP contribution in [0.25, 0.3) is 11.0 Å². The summed E-state index contributed by atoms with van der Waals surface area (Å²) in [5.41, 5.74) is 3.86. The number of nitrogens with zero attached hydrogens (tertiary/aromatic N) is 4. The third kappa shape index (κ3) is 5.07. The van der Waals surface area contributed by atoms with Gasteiger partial charge in [-0.2, -0.15) is 0 Å². The SMILES string of the molecule is CC1CCN(c2nc3cc(C(=O)NCCN(C)C)ccc3n2Cc2ccccc2)CC1. The van der Waals surface area contributed by atoms with Crippen LogP contribution < -0.4 is 10.2 Å². The van der Waals surface area contributed by atoms with Crippen LogP contribution in [0.1, 0.15) is 35.7 Å². The average molecular weight is 420 g/mol. The van der Waals surface area contributed by atoms with Crippen molar-refractivity contribution in [3.8, 4) is 0 Å². The second-order valence-corrected chi connectivity index (χ2v) is 8.92. The highest BCUT2D eigenvalue weighted by Gasteiger charge is 2.22. The monoisotopic (exact) mass is 419 g/mol. The van der Waals surface area contributed by atoms with E-state index in [1.807, 2.05) is 38.4 Å². The third-order valence-corrected chi connectivity index (χ3v) is 6.08. The van der Waals surface area contributed by atoms with E-state index in [4.69, 9.17) is 4.98 Å². The minimum absolute atomic E-state index is 0.0466. The molecule has 0 unspecified atom stereocenters. The van der Waals surface area contributed by atoms with E-state index in [1.165, 1.54) is 18.4 Å². The Morgan fingerprint density at radius 1 is 1.13 bits per heavy atom. The third-order valence-electron chi connectivity index (χ3n) is 6.08. The number of hydrogen-bond acceptors (Lipinski definition) is 4. The average Bonchev–Trinajstić information content (AvgIpc) is 3.12. The number of nitrogens with one attached hydrogen (secondary N) is 1. The molecule has 1 aromatic heterocycles. The molecule has 1 fully saturated rings. The fraction of sp³-hybridized carbons (Fsp3) is 0.440. The Hall–Kier alpha value is -2.86. The van der Waals surface area contributed by atoms with E-state index in [0.717, 1.165) is 49.1 Å². The summed E-state index contributed by atoms with van der Waals surface area (Å²) >= 11 is 0. The van der Waals surface area contributed by atoms with Crippen LogP contribution in [0.3, 0.4) is 0 Å². The highest BCUT2D eigenvalue weighted by Crippen LogP contribution is 2.28. The van der Waals surface area contributed by atoms with Crippen molar-refractivity contribution in [1.82, 2.24) is 19.8 Å². The highest BCUT2D eigenvalue weighted by molar-refractivity contribution is 5.97. The maximum absolute atomic E-state index is 12.6. The molecule has 4 rings (SSSR count). The predicted octanol–water partition coefficient (Wildman–Crippen LogP) is 3.61. The number of hydrogen-bond donors (Lipinski definition) is 1. The Morgan fingerprint density at radius 2 is 1.87 bits per heavy atom. The lowest BCUT2D eigenvalue weighted by molar-refractivity contribution is 0.0951. The first kappa shape index (κ1) is 21.4. The van der Waals surface area contributed by atoms with Crippen molar-refractivity contribution in [2.45, 2.75) is 26.3 Å². The summed E-state index contributed by atoms with van der Waals surface area (Å²) < 4.78 is 2.30. The number of piperidine rings is 1. The Balaban J connectivity index is 1.65. The number of aromatic nitrogens is 2. The van der Waals surface area contributed by atoms with E-state index < -0.39 is 0 Å². The fourth-order valence-corrected chi connectivity index (χ4v) is 4.13. The van der Waals surface area contributed by atoms with Crippen LogP contribution in [-0.4, -0.2) is 60.6 Å². The Bertz CT molecular complexity index is 1020. The van der Waals surface area contributed by atoms with Crippen molar-refractivity contribution < 1.29 is 4.79 Å². The van der Waals surface area contributed by atoms with Crippen molar-refractivity contribution in [1.29, 1.82) is 0 Å². The van der Waals surface area contributed by atoms with E-state index in [0.29, 0.717) is 12.1 Å². The molecular formula is C25H33N5O. The summed E-state index contributed by atoms with van der Waals surface area (Å²) in [5, 5.41) is 3.00. The van der Waals surface area contributed by atoms with E-state index >= 15 is 0 Å². The summed E-state index contributed by atoms with van der Waals surface area (Å²) in [6.45, 7) is 6.59. The number of rotatable bonds is 7. The molecule has 0 atom stereocenters. The van der Waals surface area contributed by atoms with E-state index in [1.54, 1.807) is 0 Å². The van der Waals surface area contributed by atoms with Crippen molar-refractivity contribution in [2.24, 2.45) is 5.92 Å². The van der Waals surface area contributed by atoms with Crippen molar-refractivity contribution >= 4 is 22.9 Å². The number of anilines is 1. The van der Waals surface area contributed by atoms with Crippen LogP contribution in [0.5, 0.6) is 0 Å². The molecule has 1 saturated heterocycles. The summed E-state index contributed by atoms with van der Waals surface area (Å²) in [5.74, 6) is 1.73. The molecule has 2 aromatic carbocycles. The predicted molar refractivity (Wildman–Crippen MR) is 127 cm³/mol. The summed E-state index contributed by atoms with van der Waals surface area (Å²) in [6.07, 6.45) is 2.38. The molecule has 1 aliphatic heterocycles. The smallest absolute Gasteiger partial charge is 0.251 e. The first-order valence-corrected chi connectivity index (χ1v) is 11.2. The molecule has 0 bridgehead atoms. The van der Waals surface area contributed by atoms with Gasteiger partial charge in [-0.15, -0.1) is 0 Å². The molecule has 6 heteroatoms. The Morgan fingerprint density at radius 3 is 2.58 bits per heavy atom. The maximum atomic E-state index is 12.6. The van der Waals surface area contributed by atoms with Gasteiger partial charge in [0.15, 0.2) is 0 Å². The molecule has 2 heterocycles. The van der Waals surface area contributed by atoms with Crippen LogP contribution in [0.2, 0.25) is 0 Å². The number of amides is 1. The lowest BCUT2D eigenvalue weighted by Crippen LogP contribution is -2.34. The summed E-state index contributed by atoms with van der Waals surface area (Å²) in [7, 11) is 4.00. The van der Waals surface area contributed by atoms with Crippen LogP contribution in [0, 0.1) is 5.92 Å². The number of carbonyl (C=O) groups is 1. The molecule has 1 N–H and O–H groups in total. The number of fused-ring (bicyclic) bond motifs is 1. The van der Waals surface area contributed by atoms with Crippen LogP contribution in [0.15, 0.2) is 48.5 Å². The quantitative estimate of drug-likeness (QED) is 0.636. The molecule has 3 aromatic rings. The van der Waals surface area contributed by atoms with Crippen LogP contribution in [0.4, 0.5) is 5.95 Å². The normalized spacial score (nSPS) is 15.0. The van der Waals surface area contributed by atoms with E-state index in [2.05, 4.69) is 50.9 Å². The zero-order chi connectivity index (χ0) is 21.8. The maximum Gasteiger partial charge on any atom is 0.251 e. The molecule has 31 heavy (non-hydrogen) atoms. The molecule has 164 valence electrons. The second kappa shape index (κ2) is 9.52. The van der Waals surface area contributed by atoms with Gasteiger partial charge in [0, 0.05) is 31.7 Å². The Labute approximate surface area is 184 Å². The van der Waals surface area contributed by atoms with Gasteiger partial charge in [-0.1, -0.05) is 37.3 Å². The van der Waals surface area contributed by atoms with Crippen LogP contribution in [-0.2, 0) is 6.54 Å². The fourth-order valence-electron chi connectivity index (χ4n) is 4.13. The zero-order valence-electron chi connectivity index (χ0n) is 18.8. The highest BCUT2D eigenvalue weighted by atomic mass is 16.1. The molecule has 6 nitrogen and oxygen atoms in total. The number of likely N-dealkylation sites (N-methyl/N-ethyl adjacent to an activating group) is 1. The minimum Gasteiger partial charge on any atom is -0.351 e. The zero-order valence-corrected chi connectivity index (χ0v) is 18.8. The summed E-state index contributed by atoms with van der Waals surface area (Å²) in [4.78, 5) is 22.1. The van der Waals surface area contributed by atoms with Gasteiger partial charge in [-0.3, -0.25) is 4.79 Å². The first-order valence-electron chi connectivity index (χ1n) is 11.2. The number of benzene rings is 2. The molecule has 0 saturated carbocycles. The van der Waals surface area contributed by atoms with E-state index in [9.17, 15) is 4.79 Å². The molecule has 0 radical (unpaired) electrons. The molecule has 0 aliphatic carbocycles. The lowest BCUT2D eigenvalue weighted by atomic mass is 10.00. The molecule has 1 amide bonds. The Kier molecular flexibility index (Phi) is 6.56. The largest absolute Gasteiger partial charge is 0.351 e. The lowest BCUT2D eigenvalue weighted by Gasteiger charge is -2.31. The van der Waals surface area contributed by atoms with Crippen LogP contribution >= 0.6 is 0 Å². The van der Waals surface area contributed by atoms with E-state index in [-0.39, 0.29) is 5.91 Å². The van der Waals surface area contributed by atoms with Crippen molar-refractivity contribution in [2.75, 3.05) is 45.2 Å². The topological polar surface area (TPSA) is 53.4 Å².